The minimum Gasteiger partial charge on any atom is -0.338 e. The number of carbonyl (C=O) groups is 2. The van der Waals surface area contributed by atoms with E-state index in [2.05, 4.69) is 11.9 Å². The average Bonchev–Trinajstić information content (AvgIpc) is 2.97. The van der Waals surface area contributed by atoms with Crippen LogP contribution in [0.3, 0.4) is 0 Å². The SMILES string of the molecule is C=CCN1C(=O)C(CCSC)NC12CCN(C(=O)c1ccc(S(N)(=O)=O)cc1)CC2. The molecule has 30 heavy (non-hydrogen) atoms. The van der Waals surface area contributed by atoms with Gasteiger partial charge in [0.1, 0.15) is 0 Å². The van der Waals surface area contributed by atoms with Crippen LogP contribution in [0.5, 0.6) is 0 Å². The zero-order valence-electron chi connectivity index (χ0n) is 17.0. The Bertz CT molecular complexity index is 909. The van der Waals surface area contributed by atoms with Gasteiger partial charge in [-0.25, -0.2) is 13.6 Å². The summed E-state index contributed by atoms with van der Waals surface area (Å²) in [5.74, 6) is 0.840. The second kappa shape index (κ2) is 9.09. The Labute approximate surface area is 181 Å². The van der Waals surface area contributed by atoms with Crippen LogP contribution in [-0.2, 0) is 14.8 Å². The molecule has 1 unspecified atom stereocenters. The number of hydrogen-bond donors (Lipinski definition) is 2. The summed E-state index contributed by atoms with van der Waals surface area (Å²) >= 11 is 1.72. The van der Waals surface area contributed by atoms with E-state index < -0.39 is 15.7 Å². The van der Waals surface area contributed by atoms with E-state index in [1.807, 2.05) is 11.2 Å². The van der Waals surface area contributed by atoms with Crippen LogP contribution in [0.2, 0.25) is 0 Å². The second-order valence-electron chi connectivity index (χ2n) is 7.61. The Hall–Kier alpha value is -1.88. The topological polar surface area (TPSA) is 113 Å². The van der Waals surface area contributed by atoms with Crippen molar-refractivity contribution >= 4 is 33.6 Å². The van der Waals surface area contributed by atoms with Gasteiger partial charge in [-0.1, -0.05) is 6.08 Å². The van der Waals surface area contributed by atoms with E-state index in [0.29, 0.717) is 38.0 Å². The molecule has 0 aromatic heterocycles. The normalized spacial score (nSPS) is 21.3. The van der Waals surface area contributed by atoms with Gasteiger partial charge in [0.2, 0.25) is 15.9 Å². The Morgan fingerprint density at radius 3 is 2.50 bits per heavy atom. The molecule has 2 aliphatic rings. The molecule has 0 radical (unpaired) electrons. The summed E-state index contributed by atoms with van der Waals surface area (Å²) in [4.78, 5) is 29.3. The van der Waals surface area contributed by atoms with Crippen LogP contribution in [0.25, 0.3) is 0 Å². The molecular weight excluding hydrogens is 424 g/mol. The molecule has 0 aliphatic carbocycles. The third kappa shape index (κ3) is 4.56. The lowest BCUT2D eigenvalue weighted by atomic mass is 9.95. The summed E-state index contributed by atoms with van der Waals surface area (Å²) in [6.45, 7) is 5.26. The van der Waals surface area contributed by atoms with Crippen molar-refractivity contribution in [3.63, 3.8) is 0 Å². The van der Waals surface area contributed by atoms with Crippen molar-refractivity contribution in [3.8, 4) is 0 Å². The predicted molar refractivity (Wildman–Crippen MR) is 118 cm³/mol. The molecule has 10 heteroatoms. The van der Waals surface area contributed by atoms with Crippen LogP contribution in [0.4, 0.5) is 0 Å². The van der Waals surface area contributed by atoms with Gasteiger partial charge < -0.3 is 9.80 Å². The number of likely N-dealkylation sites (tertiary alicyclic amines) is 1. The Morgan fingerprint density at radius 2 is 1.97 bits per heavy atom. The Kier molecular flexibility index (Phi) is 6.91. The van der Waals surface area contributed by atoms with Gasteiger partial charge in [-0.15, -0.1) is 6.58 Å². The number of nitrogens with zero attached hydrogens (tertiary/aromatic N) is 2. The van der Waals surface area contributed by atoms with Crippen molar-refractivity contribution in [2.45, 2.75) is 35.9 Å². The quantitative estimate of drug-likeness (QED) is 0.597. The van der Waals surface area contributed by atoms with Gasteiger partial charge in [0.05, 0.1) is 16.6 Å². The van der Waals surface area contributed by atoms with E-state index in [4.69, 9.17) is 5.14 Å². The summed E-state index contributed by atoms with van der Waals surface area (Å²) in [5.41, 5.74) is -0.0441. The first-order valence-electron chi connectivity index (χ1n) is 9.83. The van der Waals surface area contributed by atoms with E-state index >= 15 is 0 Å². The summed E-state index contributed by atoms with van der Waals surface area (Å²) in [6.07, 6.45) is 5.79. The number of amides is 2. The number of benzene rings is 1. The van der Waals surface area contributed by atoms with Crippen LogP contribution in [0.1, 0.15) is 29.6 Å². The molecule has 0 bridgehead atoms. The molecule has 2 saturated heterocycles. The maximum Gasteiger partial charge on any atom is 0.253 e. The highest BCUT2D eigenvalue weighted by Crippen LogP contribution is 2.34. The van der Waals surface area contributed by atoms with E-state index in [-0.39, 0.29) is 22.8 Å². The molecule has 1 atom stereocenters. The molecule has 2 heterocycles. The number of nitrogens with two attached hydrogens (primary N) is 1. The molecule has 3 rings (SSSR count). The molecule has 0 saturated carbocycles. The summed E-state index contributed by atoms with van der Waals surface area (Å²) in [5, 5.41) is 8.66. The second-order valence-corrected chi connectivity index (χ2v) is 10.2. The highest BCUT2D eigenvalue weighted by atomic mass is 32.2. The lowest BCUT2D eigenvalue weighted by molar-refractivity contribution is -0.132. The van der Waals surface area contributed by atoms with Gasteiger partial charge in [0, 0.05) is 38.0 Å². The number of piperidine rings is 1. The fourth-order valence-electron chi connectivity index (χ4n) is 4.15. The number of nitrogens with one attached hydrogen (secondary N) is 1. The van der Waals surface area contributed by atoms with Crippen LogP contribution in [-0.4, -0.2) is 73.4 Å². The average molecular weight is 453 g/mol. The number of thioether (sulfide) groups is 1. The van der Waals surface area contributed by atoms with Crippen molar-refractivity contribution in [2.24, 2.45) is 5.14 Å². The van der Waals surface area contributed by atoms with Gasteiger partial charge in [-0.05, 0) is 42.7 Å². The van der Waals surface area contributed by atoms with Gasteiger partial charge in [0.25, 0.3) is 5.91 Å². The van der Waals surface area contributed by atoms with Gasteiger partial charge in [-0.2, -0.15) is 11.8 Å². The smallest absolute Gasteiger partial charge is 0.253 e. The number of primary sulfonamides is 1. The van der Waals surface area contributed by atoms with Gasteiger partial charge in [0.15, 0.2) is 0 Å². The minimum absolute atomic E-state index is 0.0262. The zero-order chi connectivity index (χ0) is 21.9. The zero-order valence-corrected chi connectivity index (χ0v) is 18.7. The first-order chi connectivity index (χ1) is 14.2. The van der Waals surface area contributed by atoms with E-state index in [1.54, 1.807) is 22.7 Å². The summed E-state index contributed by atoms with van der Waals surface area (Å²) in [6, 6.07) is 5.43. The Morgan fingerprint density at radius 1 is 1.33 bits per heavy atom. The third-order valence-corrected chi connectivity index (χ3v) is 7.33. The number of hydrogen-bond acceptors (Lipinski definition) is 6. The van der Waals surface area contributed by atoms with Gasteiger partial charge in [-0.3, -0.25) is 14.9 Å². The first kappa shape index (κ1) is 22.8. The number of carbonyl (C=O) groups excluding carboxylic acids is 2. The van der Waals surface area contributed by atoms with Crippen molar-refractivity contribution in [2.75, 3.05) is 31.6 Å². The largest absolute Gasteiger partial charge is 0.338 e. The highest BCUT2D eigenvalue weighted by molar-refractivity contribution is 7.98. The van der Waals surface area contributed by atoms with Gasteiger partial charge >= 0.3 is 0 Å². The van der Waals surface area contributed by atoms with E-state index in [0.717, 1.165) is 12.2 Å². The van der Waals surface area contributed by atoms with E-state index in [9.17, 15) is 18.0 Å². The Balaban J connectivity index is 1.70. The molecule has 1 aromatic carbocycles. The molecule has 1 aromatic rings. The van der Waals surface area contributed by atoms with Crippen LogP contribution < -0.4 is 10.5 Å². The summed E-state index contributed by atoms with van der Waals surface area (Å²) < 4.78 is 22.8. The lowest BCUT2D eigenvalue weighted by Gasteiger charge is -2.44. The van der Waals surface area contributed by atoms with E-state index in [1.165, 1.54) is 24.3 Å². The third-order valence-electron chi connectivity index (χ3n) is 5.75. The monoisotopic (exact) mass is 452 g/mol. The van der Waals surface area contributed by atoms with Crippen molar-refractivity contribution in [3.05, 3.63) is 42.5 Å². The van der Waals surface area contributed by atoms with Crippen molar-refractivity contribution in [1.29, 1.82) is 0 Å². The number of sulfonamides is 1. The fraction of sp³-hybridized carbons (Fsp3) is 0.500. The molecule has 3 N–H and O–H groups in total. The molecule has 2 aliphatic heterocycles. The first-order valence-corrected chi connectivity index (χ1v) is 12.8. The molecule has 8 nitrogen and oxygen atoms in total. The maximum absolute atomic E-state index is 12.9. The predicted octanol–water partition coefficient (Wildman–Crippen LogP) is 1.01. The highest BCUT2D eigenvalue weighted by Gasteiger charge is 2.51. The molecular formula is C20H28N4O4S2. The van der Waals surface area contributed by atoms with Crippen LogP contribution in [0, 0.1) is 0 Å². The summed E-state index contributed by atoms with van der Waals surface area (Å²) in [7, 11) is -3.79. The maximum atomic E-state index is 12.9. The molecule has 1 spiro atoms. The van der Waals surface area contributed by atoms with Crippen molar-refractivity contribution < 1.29 is 18.0 Å². The minimum atomic E-state index is -3.79. The van der Waals surface area contributed by atoms with Crippen LogP contribution in [0.15, 0.2) is 41.8 Å². The number of rotatable bonds is 7. The fourth-order valence-corrected chi connectivity index (χ4v) is 5.14. The molecule has 2 amide bonds. The molecule has 164 valence electrons. The van der Waals surface area contributed by atoms with Crippen LogP contribution >= 0.6 is 11.8 Å². The molecule has 2 fully saturated rings. The lowest BCUT2D eigenvalue weighted by Crippen LogP contribution is -2.59. The van der Waals surface area contributed by atoms with Crippen molar-refractivity contribution in [1.82, 2.24) is 15.1 Å². The standard InChI is InChI=1S/C20H28N4O4S2/c1-3-11-24-19(26)17(8-14-29-2)22-20(24)9-12-23(13-10-20)18(25)15-4-6-16(7-5-15)30(21,27)28/h3-7,17,22H,1,8-14H2,2H3,(H2,21,27,28).